The van der Waals surface area contributed by atoms with Gasteiger partial charge in [-0.2, -0.15) is 0 Å². The summed E-state index contributed by atoms with van der Waals surface area (Å²) in [5, 5.41) is 3.50. The highest BCUT2D eigenvalue weighted by Crippen LogP contribution is 2.05. The SMILES string of the molecule is CC(=O)Cn1[nH]c2ccccc2c1=O. The molecule has 1 aromatic heterocycles. The van der Waals surface area contributed by atoms with E-state index in [1.54, 1.807) is 12.1 Å². The smallest absolute Gasteiger partial charge is 0.274 e. The maximum absolute atomic E-state index is 11.6. The first-order valence-electron chi connectivity index (χ1n) is 4.35. The van der Waals surface area contributed by atoms with Crippen molar-refractivity contribution in [2.45, 2.75) is 13.5 Å². The molecule has 0 aliphatic heterocycles. The molecule has 0 spiro atoms. The molecule has 0 fully saturated rings. The van der Waals surface area contributed by atoms with Crippen LogP contribution in [0.1, 0.15) is 6.92 Å². The van der Waals surface area contributed by atoms with Crippen LogP contribution in [0.3, 0.4) is 0 Å². The van der Waals surface area contributed by atoms with Crippen LogP contribution in [-0.4, -0.2) is 15.6 Å². The second-order valence-electron chi connectivity index (χ2n) is 3.25. The molecule has 1 heterocycles. The topological polar surface area (TPSA) is 54.9 Å². The fourth-order valence-corrected chi connectivity index (χ4v) is 1.44. The summed E-state index contributed by atoms with van der Waals surface area (Å²) in [6.07, 6.45) is 0. The molecule has 0 saturated heterocycles. The van der Waals surface area contributed by atoms with Crippen LogP contribution in [0.4, 0.5) is 0 Å². The van der Waals surface area contributed by atoms with E-state index >= 15 is 0 Å². The molecule has 0 aliphatic rings. The highest BCUT2D eigenvalue weighted by Gasteiger charge is 2.06. The third-order valence-corrected chi connectivity index (χ3v) is 2.04. The third-order valence-electron chi connectivity index (χ3n) is 2.04. The monoisotopic (exact) mass is 190 g/mol. The summed E-state index contributed by atoms with van der Waals surface area (Å²) in [6.45, 7) is 1.56. The lowest BCUT2D eigenvalue weighted by Crippen LogP contribution is -2.20. The van der Waals surface area contributed by atoms with Gasteiger partial charge in [-0.15, -0.1) is 0 Å². The molecule has 0 radical (unpaired) electrons. The number of hydrogen-bond acceptors (Lipinski definition) is 2. The van der Waals surface area contributed by atoms with Crippen molar-refractivity contribution in [3.63, 3.8) is 0 Å². The lowest BCUT2D eigenvalue weighted by Gasteiger charge is -1.94. The standard InChI is InChI=1S/C10H10N2O2/c1-7(13)6-12-10(14)8-4-2-3-5-9(8)11-12/h2-5,11H,6H2,1H3. The van der Waals surface area contributed by atoms with Crippen LogP contribution in [0.15, 0.2) is 29.1 Å². The highest BCUT2D eigenvalue weighted by atomic mass is 16.1. The maximum atomic E-state index is 11.6. The minimum atomic E-state index is -0.143. The van der Waals surface area contributed by atoms with Gasteiger partial charge in [-0.25, -0.2) is 4.68 Å². The van der Waals surface area contributed by atoms with Crippen LogP contribution >= 0.6 is 0 Å². The number of nitrogens with zero attached hydrogens (tertiary/aromatic N) is 1. The van der Waals surface area contributed by atoms with Gasteiger partial charge in [0.05, 0.1) is 10.9 Å². The van der Waals surface area contributed by atoms with Gasteiger partial charge in [0.25, 0.3) is 5.56 Å². The molecule has 4 nitrogen and oxygen atoms in total. The van der Waals surface area contributed by atoms with Gasteiger partial charge in [-0.1, -0.05) is 12.1 Å². The number of Topliss-reactive ketones (excluding diaryl/α,β-unsaturated/α-hetero) is 1. The number of aromatic amines is 1. The Morgan fingerprint density at radius 2 is 2.14 bits per heavy atom. The zero-order valence-corrected chi connectivity index (χ0v) is 7.78. The van der Waals surface area contributed by atoms with Crippen LogP contribution in [0.2, 0.25) is 0 Å². The van der Waals surface area contributed by atoms with Gasteiger partial charge in [-0.3, -0.25) is 14.7 Å². The Morgan fingerprint density at radius 1 is 1.43 bits per heavy atom. The number of carbonyl (C=O) groups is 1. The molecule has 14 heavy (non-hydrogen) atoms. The van der Waals surface area contributed by atoms with Crippen molar-refractivity contribution in [2.75, 3.05) is 0 Å². The normalized spacial score (nSPS) is 10.6. The number of aromatic nitrogens is 2. The molecule has 4 heteroatoms. The van der Waals surface area contributed by atoms with Crippen LogP contribution in [-0.2, 0) is 11.3 Å². The summed E-state index contributed by atoms with van der Waals surface area (Å²) in [4.78, 5) is 22.5. The lowest BCUT2D eigenvalue weighted by atomic mass is 10.3. The molecular formula is C10H10N2O2. The highest BCUT2D eigenvalue weighted by molar-refractivity contribution is 5.79. The molecule has 2 rings (SSSR count). The molecule has 0 amide bonds. The van der Waals surface area contributed by atoms with Crippen molar-refractivity contribution >= 4 is 16.7 Å². The van der Waals surface area contributed by atoms with Crippen molar-refractivity contribution < 1.29 is 4.79 Å². The number of rotatable bonds is 2. The second-order valence-corrected chi connectivity index (χ2v) is 3.25. The van der Waals surface area contributed by atoms with Gasteiger partial charge in [0, 0.05) is 0 Å². The van der Waals surface area contributed by atoms with Crippen molar-refractivity contribution in [3.05, 3.63) is 34.6 Å². The van der Waals surface area contributed by atoms with E-state index < -0.39 is 0 Å². The molecule has 72 valence electrons. The Balaban J connectivity index is 2.63. The summed E-state index contributed by atoms with van der Waals surface area (Å²) >= 11 is 0. The van der Waals surface area contributed by atoms with Gasteiger partial charge in [0.1, 0.15) is 6.54 Å². The predicted molar refractivity (Wildman–Crippen MR) is 53.2 cm³/mol. The van der Waals surface area contributed by atoms with Gasteiger partial charge < -0.3 is 0 Å². The van der Waals surface area contributed by atoms with Gasteiger partial charge >= 0.3 is 0 Å². The molecule has 0 atom stereocenters. The zero-order chi connectivity index (χ0) is 10.1. The number of para-hydroxylation sites is 1. The predicted octanol–water partition coefficient (Wildman–Crippen LogP) is 0.919. The van der Waals surface area contributed by atoms with Gasteiger partial charge in [-0.05, 0) is 19.1 Å². The quantitative estimate of drug-likeness (QED) is 0.765. The van der Waals surface area contributed by atoms with Crippen LogP contribution < -0.4 is 5.56 Å². The van der Waals surface area contributed by atoms with Crippen molar-refractivity contribution in [3.8, 4) is 0 Å². The average molecular weight is 190 g/mol. The maximum Gasteiger partial charge on any atom is 0.274 e. The largest absolute Gasteiger partial charge is 0.298 e. The minimum absolute atomic E-state index is 0.0429. The first-order chi connectivity index (χ1) is 6.68. The molecule has 0 aliphatic carbocycles. The molecule has 0 unspecified atom stereocenters. The van der Waals surface area contributed by atoms with Crippen molar-refractivity contribution in [1.29, 1.82) is 0 Å². The van der Waals surface area contributed by atoms with Crippen LogP contribution in [0, 0.1) is 0 Å². The molecule has 0 saturated carbocycles. The Morgan fingerprint density at radius 3 is 2.79 bits per heavy atom. The van der Waals surface area contributed by atoms with Gasteiger partial charge in [0.15, 0.2) is 5.78 Å². The van der Waals surface area contributed by atoms with Crippen molar-refractivity contribution in [2.24, 2.45) is 0 Å². The number of ketones is 1. The Hall–Kier alpha value is -1.84. The third kappa shape index (κ3) is 1.35. The number of fused-ring (bicyclic) bond motifs is 1. The molecule has 1 aromatic carbocycles. The van der Waals surface area contributed by atoms with E-state index in [1.807, 2.05) is 12.1 Å². The zero-order valence-electron chi connectivity index (χ0n) is 7.78. The number of H-pyrrole nitrogens is 1. The summed E-state index contributed by atoms with van der Waals surface area (Å²) in [6, 6.07) is 7.20. The van der Waals surface area contributed by atoms with Crippen LogP contribution in [0.25, 0.3) is 10.9 Å². The van der Waals surface area contributed by atoms with Gasteiger partial charge in [0.2, 0.25) is 0 Å². The summed E-state index contributed by atoms with van der Waals surface area (Å²) in [5.41, 5.74) is 0.620. The number of hydrogen-bond donors (Lipinski definition) is 1. The Labute approximate surface area is 80.1 Å². The van der Waals surface area contributed by atoms with E-state index in [9.17, 15) is 9.59 Å². The number of carbonyl (C=O) groups excluding carboxylic acids is 1. The van der Waals surface area contributed by atoms with E-state index in [-0.39, 0.29) is 17.9 Å². The van der Waals surface area contributed by atoms with Crippen molar-refractivity contribution in [1.82, 2.24) is 9.78 Å². The van der Waals surface area contributed by atoms with E-state index in [2.05, 4.69) is 5.10 Å². The Bertz CT molecular complexity index is 536. The minimum Gasteiger partial charge on any atom is -0.298 e. The molecule has 1 N–H and O–H groups in total. The summed E-state index contributed by atoms with van der Waals surface area (Å²) in [5.74, 6) is -0.0429. The number of benzene rings is 1. The first kappa shape index (κ1) is 8.74. The summed E-state index contributed by atoms with van der Waals surface area (Å²) in [7, 11) is 0. The fraction of sp³-hybridized carbons (Fsp3) is 0.200. The molecule has 0 bridgehead atoms. The molecule has 2 aromatic rings. The Kier molecular flexibility index (Phi) is 1.96. The van der Waals surface area contributed by atoms with Crippen LogP contribution in [0.5, 0.6) is 0 Å². The molecular weight excluding hydrogens is 180 g/mol. The fourth-order valence-electron chi connectivity index (χ4n) is 1.44. The lowest BCUT2D eigenvalue weighted by molar-refractivity contribution is -0.117. The first-order valence-corrected chi connectivity index (χ1v) is 4.35. The number of nitrogens with one attached hydrogen (secondary N) is 1. The second kappa shape index (κ2) is 3.14. The average Bonchev–Trinajstić information content (AvgIpc) is 2.44. The van der Waals surface area contributed by atoms with E-state index in [0.717, 1.165) is 5.52 Å². The summed E-state index contributed by atoms with van der Waals surface area (Å²) < 4.78 is 1.33. The van der Waals surface area contributed by atoms with E-state index in [0.29, 0.717) is 5.39 Å². The van der Waals surface area contributed by atoms with E-state index in [1.165, 1.54) is 11.6 Å². The van der Waals surface area contributed by atoms with E-state index in [4.69, 9.17) is 0 Å².